The van der Waals surface area contributed by atoms with E-state index in [0.29, 0.717) is 11.7 Å². The molecule has 100 valence electrons. The molecule has 1 aromatic carbocycles. The third-order valence-corrected chi connectivity index (χ3v) is 2.39. The summed E-state index contributed by atoms with van der Waals surface area (Å²) in [7, 11) is 0. The van der Waals surface area contributed by atoms with E-state index in [0.717, 1.165) is 5.56 Å². The molecule has 0 spiro atoms. The van der Waals surface area contributed by atoms with Gasteiger partial charge in [0.2, 0.25) is 0 Å². The molecule has 0 aliphatic heterocycles. The van der Waals surface area contributed by atoms with Crippen molar-refractivity contribution in [3.05, 3.63) is 60.2 Å². The summed E-state index contributed by atoms with van der Waals surface area (Å²) in [6.07, 6.45) is 6.67. The maximum atomic E-state index is 11.3. The first-order valence-corrected chi connectivity index (χ1v) is 6.30. The summed E-state index contributed by atoms with van der Waals surface area (Å²) in [5, 5.41) is 3.36. The normalized spacial score (nSPS) is 10.6. The van der Waals surface area contributed by atoms with Gasteiger partial charge >= 0.3 is 0 Å². The molecule has 0 radical (unpaired) electrons. The van der Waals surface area contributed by atoms with Crippen LogP contribution in [-0.4, -0.2) is 11.0 Å². The van der Waals surface area contributed by atoms with Gasteiger partial charge < -0.3 is 5.32 Å². The third kappa shape index (κ3) is 7.00. The van der Waals surface area contributed by atoms with Crippen molar-refractivity contribution in [1.29, 1.82) is 0 Å². The average molecular weight is 275 g/mol. The van der Waals surface area contributed by atoms with Crippen LogP contribution in [0.4, 0.5) is 0 Å². The molecule has 5 heteroatoms. The number of hydrazine groups is 1. The molecule has 1 rings (SSSR count). The molecule has 0 atom stereocenters. The molecule has 3 N–H and O–H groups in total. The van der Waals surface area contributed by atoms with Gasteiger partial charge in [-0.05, 0) is 24.7 Å². The Morgan fingerprint density at radius 1 is 1.21 bits per heavy atom. The molecule has 0 unspecified atom stereocenters. The van der Waals surface area contributed by atoms with Gasteiger partial charge in [-0.25, -0.2) is 0 Å². The lowest BCUT2D eigenvalue weighted by Gasteiger charge is -2.10. The smallest absolute Gasteiger partial charge is 0.262 e. The predicted molar refractivity (Wildman–Crippen MR) is 81.1 cm³/mol. The Balaban J connectivity index is 2.23. The van der Waals surface area contributed by atoms with Crippen LogP contribution >= 0.6 is 12.2 Å². The van der Waals surface area contributed by atoms with Gasteiger partial charge in [0, 0.05) is 12.6 Å². The number of hydrogen-bond acceptors (Lipinski definition) is 2. The summed E-state index contributed by atoms with van der Waals surface area (Å²) in [6.45, 7) is 2.49. The molecule has 4 nitrogen and oxygen atoms in total. The van der Waals surface area contributed by atoms with Crippen LogP contribution in [0.25, 0.3) is 0 Å². The molecule has 19 heavy (non-hydrogen) atoms. The average Bonchev–Trinajstić information content (AvgIpc) is 2.44. The first kappa shape index (κ1) is 14.9. The Morgan fingerprint density at radius 3 is 2.63 bits per heavy atom. The van der Waals surface area contributed by atoms with E-state index in [1.54, 1.807) is 12.2 Å². The van der Waals surface area contributed by atoms with E-state index in [1.165, 1.54) is 6.08 Å². The van der Waals surface area contributed by atoms with Crippen molar-refractivity contribution in [2.24, 2.45) is 0 Å². The highest BCUT2D eigenvalue weighted by Gasteiger charge is 1.97. The summed E-state index contributed by atoms with van der Waals surface area (Å²) in [6, 6.07) is 9.86. The van der Waals surface area contributed by atoms with Crippen LogP contribution in [0.5, 0.6) is 0 Å². The summed E-state index contributed by atoms with van der Waals surface area (Å²) in [5.41, 5.74) is 6.21. The zero-order chi connectivity index (χ0) is 13.9. The number of hydrogen-bond donors (Lipinski definition) is 3. The number of carbonyl (C=O) groups excluding carboxylic acids is 1. The molecule has 0 aliphatic rings. The van der Waals surface area contributed by atoms with E-state index >= 15 is 0 Å². The fourth-order valence-corrected chi connectivity index (χ4v) is 1.36. The van der Waals surface area contributed by atoms with E-state index in [9.17, 15) is 4.79 Å². The summed E-state index contributed by atoms with van der Waals surface area (Å²) in [5.74, 6) is -0.262. The highest BCUT2D eigenvalue weighted by molar-refractivity contribution is 7.80. The Bertz CT molecular complexity index is 469. The topological polar surface area (TPSA) is 53.2 Å². The first-order chi connectivity index (χ1) is 9.22. The van der Waals surface area contributed by atoms with Gasteiger partial charge in [-0.2, -0.15) is 0 Å². The van der Waals surface area contributed by atoms with Crippen LogP contribution in [0.15, 0.2) is 54.6 Å². The second-order valence-electron chi connectivity index (χ2n) is 3.67. The number of rotatable bonds is 4. The number of allylic oxidation sites excluding steroid dienone is 3. The van der Waals surface area contributed by atoms with Crippen molar-refractivity contribution in [2.75, 3.05) is 0 Å². The standard InChI is InChI=1S/C14H17N3OS/c1-2-3-5-10-13(18)16-17-14(19)15-11-12-8-6-4-7-9-12/h2-10H,11H2,1H3,(H,16,18)(H2,15,17,19)/b3-2+,10-5+. The van der Waals surface area contributed by atoms with Crippen LogP contribution in [-0.2, 0) is 11.3 Å². The summed E-state index contributed by atoms with van der Waals surface area (Å²) < 4.78 is 0. The summed E-state index contributed by atoms with van der Waals surface area (Å²) in [4.78, 5) is 11.3. The predicted octanol–water partition coefficient (Wildman–Crippen LogP) is 1.81. The zero-order valence-electron chi connectivity index (χ0n) is 10.7. The number of amides is 1. The monoisotopic (exact) mass is 275 g/mol. The number of nitrogens with one attached hydrogen (secondary N) is 3. The molecule has 0 saturated carbocycles. The van der Waals surface area contributed by atoms with Gasteiger partial charge in [0.15, 0.2) is 5.11 Å². The Morgan fingerprint density at radius 2 is 1.95 bits per heavy atom. The third-order valence-electron chi connectivity index (χ3n) is 2.15. The lowest BCUT2D eigenvalue weighted by molar-refractivity contribution is -0.117. The molecule has 1 aromatic rings. The molecule has 0 aromatic heterocycles. The highest BCUT2D eigenvalue weighted by atomic mass is 32.1. The molecule has 0 fully saturated rings. The molecule has 0 saturated heterocycles. The lowest BCUT2D eigenvalue weighted by atomic mass is 10.2. The quantitative estimate of drug-likeness (QED) is 0.339. The second kappa shape index (κ2) is 8.88. The van der Waals surface area contributed by atoms with Crippen LogP contribution in [0.2, 0.25) is 0 Å². The van der Waals surface area contributed by atoms with Gasteiger partial charge in [-0.3, -0.25) is 15.6 Å². The fourth-order valence-electron chi connectivity index (χ4n) is 1.24. The van der Waals surface area contributed by atoms with Crippen molar-refractivity contribution in [3.8, 4) is 0 Å². The Kier molecular flexibility index (Phi) is 6.97. The minimum Gasteiger partial charge on any atom is -0.357 e. The van der Waals surface area contributed by atoms with Crippen molar-refractivity contribution in [2.45, 2.75) is 13.5 Å². The first-order valence-electron chi connectivity index (χ1n) is 5.89. The lowest BCUT2D eigenvalue weighted by Crippen LogP contribution is -2.45. The van der Waals surface area contributed by atoms with Gasteiger partial charge in [-0.1, -0.05) is 48.6 Å². The van der Waals surface area contributed by atoms with E-state index in [-0.39, 0.29) is 5.91 Å². The zero-order valence-corrected chi connectivity index (χ0v) is 11.5. The van der Waals surface area contributed by atoms with Gasteiger partial charge in [0.05, 0.1) is 0 Å². The van der Waals surface area contributed by atoms with Crippen LogP contribution < -0.4 is 16.2 Å². The summed E-state index contributed by atoms with van der Waals surface area (Å²) >= 11 is 5.03. The number of benzene rings is 1. The van der Waals surface area contributed by atoms with E-state index in [2.05, 4.69) is 16.2 Å². The van der Waals surface area contributed by atoms with Crippen molar-refractivity contribution >= 4 is 23.2 Å². The van der Waals surface area contributed by atoms with Gasteiger partial charge in [-0.15, -0.1) is 0 Å². The molecular formula is C14H17N3OS. The molecule has 0 heterocycles. The van der Waals surface area contributed by atoms with Crippen LogP contribution in [0.1, 0.15) is 12.5 Å². The SMILES string of the molecule is C/C=C/C=C/C(=O)NNC(=S)NCc1ccccc1. The van der Waals surface area contributed by atoms with Crippen molar-refractivity contribution in [1.82, 2.24) is 16.2 Å². The van der Waals surface area contributed by atoms with Gasteiger partial charge in [0.1, 0.15) is 0 Å². The van der Waals surface area contributed by atoms with Crippen molar-refractivity contribution in [3.63, 3.8) is 0 Å². The van der Waals surface area contributed by atoms with Crippen LogP contribution in [0, 0.1) is 0 Å². The minimum atomic E-state index is -0.262. The van der Waals surface area contributed by atoms with Crippen LogP contribution in [0.3, 0.4) is 0 Å². The Hall–Kier alpha value is -2.14. The maximum absolute atomic E-state index is 11.3. The minimum absolute atomic E-state index is 0.262. The molecule has 0 bridgehead atoms. The fraction of sp³-hybridized carbons (Fsp3) is 0.143. The maximum Gasteiger partial charge on any atom is 0.262 e. The largest absolute Gasteiger partial charge is 0.357 e. The molecule has 1 amide bonds. The van der Waals surface area contributed by atoms with Crippen molar-refractivity contribution < 1.29 is 4.79 Å². The van der Waals surface area contributed by atoms with E-state index in [4.69, 9.17) is 12.2 Å². The molecule has 0 aliphatic carbocycles. The molecular weight excluding hydrogens is 258 g/mol. The van der Waals surface area contributed by atoms with E-state index in [1.807, 2.05) is 43.3 Å². The van der Waals surface area contributed by atoms with E-state index < -0.39 is 0 Å². The van der Waals surface area contributed by atoms with Gasteiger partial charge in [0.25, 0.3) is 5.91 Å². The Labute approximate surface area is 118 Å². The second-order valence-corrected chi connectivity index (χ2v) is 4.08. The number of thiocarbonyl (C=S) groups is 1. The number of carbonyl (C=O) groups is 1. The highest BCUT2D eigenvalue weighted by Crippen LogP contribution is 1.96.